The van der Waals surface area contributed by atoms with Crippen LogP contribution in [0.1, 0.15) is 6.42 Å². The summed E-state index contributed by atoms with van der Waals surface area (Å²) in [4.78, 5) is 0. The second kappa shape index (κ2) is 4.30. The standard InChI is InChI=1S/C6H3F11S/c7-2(8,1-3(9,10)18)4(11,12)5(13,14)6(15,16)17/h18H,1H2. The summed E-state index contributed by atoms with van der Waals surface area (Å²) in [6.07, 6.45) is -10.3. The zero-order chi connectivity index (χ0) is 15.2. The van der Waals surface area contributed by atoms with E-state index in [1.165, 1.54) is 0 Å². The Morgan fingerprint density at radius 1 is 0.611 bits per heavy atom. The Balaban J connectivity index is 5.50. The molecule has 0 aromatic rings. The third kappa shape index (κ3) is 3.12. The lowest BCUT2D eigenvalue weighted by Gasteiger charge is -2.34. The molecule has 0 aliphatic heterocycles. The van der Waals surface area contributed by atoms with Crippen molar-refractivity contribution < 1.29 is 48.3 Å². The lowest BCUT2D eigenvalue weighted by atomic mass is 10.0. The summed E-state index contributed by atoms with van der Waals surface area (Å²) in [6, 6.07) is 0. The average molecular weight is 316 g/mol. The van der Waals surface area contributed by atoms with Gasteiger partial charge in [-0.3, -0.25) is 0 Å². The van der Waals surface area contributed by atoms with Crippen molar-refractivity contribution in [3.05, 3.63) is 0 Å². The van der Waals surface area contributed by atoms with E-state index in [0.29, 0.717) is 0 Å². The molecule has 0 heterocycles. The van der Waals surface area contributed by atoms with Gasteiger partial charge in [0.1, 0.15) is 0 Å². The predicted molar refractivity (Wildman–Crippen MR) is 39.4 cm³/mol. The minimum absolute atomic E-state index is 2.08. The summed E-state index contributed by atoms with van der Waals surface area (Å²) >= 11 is 2.08. The number of alkyl halides is 11. The smallest absolute Gasteiger partial charge is 0.199 e. The van der Waals surface area contributed by atoms with Crippen LogP contribution in [0.2, 0.25) is 0 Å². The van der Waals surface area contributed by atoms with Crippen LogP contribution < -0.4 is 0 Å². The van der Waals surface area contributed by atoms with E-state index in [9.17, 15) is 48.3 Å². The van der Waals surface area contributed by atoms with Crippen molar-refractivity contribution in [1.82, 2.24) is 0 Å². The van der Waals surface area contributed by atoms with Gasteiger partial charge in [-0.2, -0.15) is 48.3 Å². The maximum Gasteiger partial charge on any atom is 0.460 e. The van der Waals surface area contributed by atoms with Crippen LogP contribution >= 0.6 is 12.6 Å². The largest absolute Gasteiger partial charge is 0.460 e. The Kier molecular flexibility index (Phi) is 4.20. The molecule has 0 saturated heterocycles. The van der Waals surface area contributed by atoms with Gasteiger partial charge in [-0.05, 0) is 0 Å². The van der Waals surface area contributed by atoms with Gasteiger partial charge in [-0.15, -0.1) is 12.6 Å². The van der Waals surface area contributed by atoms with E-state index in [-0.39, 0.29) is 0 Å². The third-order valence-corrected chi connectivity index (χ3v) is 1.80. The molecule has 0 aromatic heterocycles. The molecule has 0 amide bonds. The highest BCUT2D eigenvalue weighted by Gasteiger charge is 2.82. The van der Waals surface area contributed by atoms with Crippen molar-refractivity contribution in [2.75, 3.05) is 0 Å². The summed E-state index contributed by atoms with van der Waals surface area (Å²) < 4.78 is 133. The van der Waals surface area contributed by atoms with Crippen LogP contribution in [0.15, 0.2) is 0 Å². The summed E-state index contributed by atoms with van der Waals surface area (Å²) in [6.45, 7) is 0. The van der Waals surface area contributed by atoms with Crippen LogP contribution in [-0.2, 0) is 0 Å². The van der Waals surface area contributed by atoms with E-state index < -0.39 is 35.6 Å². The molecule has 0 radical (unpaired) electrons. The Morgan fingerprint density at radius 3 is 1.17 bits per heavy atom. The van der Waals surface area contributed by atoms with Gasteiger partial charge in [0.2, 0.25) is 0 Å². The average Bonchev–Trinajstić information content (AvgIpc) is 1.95. The minimum atomic E-state index is -7.16. The fourth-order valence-electron chi connectivity index (χ4n) is 0.786. The first-order chi connectivity index (χ1) is 7.46. The van der Waals surface area contributed by atoms with E-state index in [4.69, 9.17) is 0 Å². The molecule has 0 rings (SSSR count). The van der Waals surface area contributed by atoms with Crippen molar-refractivity contribution in [2.45, 2.75) is 35.6 Å². The first-order valence-electron chi connectivity index (χ1n) is 3.76. The second-order valence-electron chi connectivity index (χ2n) is 3.19. The number of halogens is 11. The monoisotopic (exact) mass is 316 g/mol. The summed E-state index contributed by atoms with van der Waals surface area (Å²) in [5.41, 5.74) is 0. The van der Waals surface area contributed by atoms with Crippen molar-refractivity contribution in [1.29, 1.82) is 0 Å². The van der Waals surface area contributed by atoms with Gasteiger partial charge in [-0.25, -0.2) is 0 Å². The predicted octanol–water partition coefficient (Wildman–Crippen LogP) is 4.37. The van der Waals surface area contributed by atoms with E-state index >= 15 is 0 Å². The number of thiol groups is 1. The minimum Gasteiger partial charge on any atom is -0.199 e. The van der Waals surface area contributed by atoms with Gasteiger partial charge < -0.3 is 0 Å². The Morgan fingerprint density at radius 2 is 0.944 bits per heavy atom. The van der Waals surface area contributed by atoms with Crippen LogP contribution in [0.3, 0.4) is 0 Å². The first kappa shape index (κ1) is 17.6. The lowest BCUT2D eigenvalue weighted by Crippen LogP contribution is -2.61. The van der Waals surface area contributed by atoms with Crippen molar-refractivity contribution in [3.63, 3.8) is 0 Å². The van der Waals surface area contributed by atoms with E-state index in [0.717, 1.165) is 0 Å². The highest BCUT2D eigenvalue weighted by atomic mass is 32.1. The molecule has 110 valence electrons. The number of hydrogen-bond acceptors (Lipinski definition) is 1. The van der Waals surface area contributed by atoms with Gasteiger partial charge in [0, 0.05) is 0 Å². The number of rotatable bonds is 4. The van der Waals surface area contributed by atoms with Crippen LogP contribution in [0.4, 0.5) is 48.3 Å². The van der Waals surface area contributed by atoms with Gasteiger partial charge in [0.05, 0.1) is 6.42 Å². The fourth-order valence-corrected chi connectivity index (χ4v) is 0.984. The number of hydrogen-bond donors (Lipinski definition) is 1. The quantitative estimate of drug-likeness (QED) is 0.578. The lowest BCUT2D eigenvalue weighted by molar-refractivity contribution is -0.399. The normalized spacial score (nSPS) is 16.0. The third-order valence-electron chi connectivity index (χ3n) is 1.64. The molecule has 0 bridgehead atoms. The van der Waals surface area contributed by atoms with Crippen molar-refractivity contribution in [3.8, 4) is 0 Å². The summed E-state index contributed by atoms with van der Waals surface area (Å²) in [5, 5.41) is -4.85. The van der Waals surface area contributed by atoms with Gasteiger partial charge in [0.25, 0.3) is 5.25 Å². The van der Waals surface area contributed by atoms with Crippen LogP contribution in [0.5, 0.6) is 0 Å². The molecule has 0 aliphatic rings. The molecular formula is C6H3F11S. The van der Waals surface area contributed by atoms with Crippen molar-refractivity contribution in [2.24, 2.45) is 0 Å². The Labute approximate surface area is 97.5 Å². The molecule has 0 aromatic carbocycles. The maximum atomic E-state index is 12.5. The molecule has 18 heavy (non-hydrogen) atoms. The summed E-state index contributed by atoms with van der Waals surface area (Å²) in [7, 11) is 0. The highest BCUT2D eigenvalue weighted by Crippen LogP contribution is 2.55. The zero-order valence-corrected chi connectivity index (χ0v) is 8.71. The molecule has 0 unspecified atom stereocenters. The van der Waals surface area contributed by atoms with E-state index in [2.05, 4.69) is 12.6 Å². The fraction of sp³-hybridized carbons (Fsp3) is 1.00. The molecule has 0 saturated carbocycles. The molecule has 0 N–H and O–H groups in total. The van der Waals surface area contributed by atoms with Crippen molar-refractivity contribution >= 4 is 12.6 Å². The van der Waals surface area contributed by atoms with Crippen LogP contribution in [-0.4, -0.2) is 29.2 Å². The molecule has 0 spiro atoms. The van der Waals surface area contributed by atoms with Crippen LogP contribution in [0.25, 0.3) is 0 Å². The van der Waals surface area contributed by atoms with Gasteiger partial charge in [-0.1, -0.05) is 0 Å². The Bertz CT molecular complexity index is 298. The zero-order valence-electron chi connectivity index (χ0n) is 7.81. The van der Waals surface area contributed by atoms with Crippen LogP contribution in [0, 0.1) is 0 Å². The summed E-state index contributed by atoms with van der Waals surface area (Å²) in [5.74, 6) is -20.5. The molecule has 0 fully saturated rings. The van der Waals surface area contributed by atoms with Gasteiger partial charge in [0.15, 0.2) is 0 Å². The second-order valence-corrected chi connectivity index (χ2v) is 3.85. The molecular weight excluding hydrogens is 313 g/mol. The van der Waals surface area contributed by atoms with Gasteiger partial charge >= 0.3 is 23.9 Å². The molecule has 0 atom stereocenters. The molecule has 0 aliphatic carbocycles. The van der Waals surface area contributed by atoms with E-state index in [1.807, 2.05) is 0 Å². The maximum absolute atomic E-state index is 12.5. The SMILES string of the molecule is FC(F)(S)CC(F)(F)C(F)(F)C(F)(F)C(F)(F)F. The highest BCUT2D eigenvalue weighted by molar-refractivity contribution is 7.81. The molecule has 12 heteroatoms. The van der Waals surface area contributed by atoms with E-state index in [1.54, 1.807) is 0 Å². The molecule has 0 nitrogen and oxygen atoms in total. The topological polar surface area (TPSA) is 0 Å². The Hall–Kier alpha value is -0.420. The first-order valence-corrected chi connectivity index (χ1v) is 4.21.